The molecule has 0 unspecified atom stereocenters. The minimum atomic E-state index is 0.177. The molecule has 0 N–H and O–H groups in total. The van der Waals surface area contributed by atoms with Gasteiger partial charge in [0.25, 0.3) is 0 Å². The van der Waals surface area contributed by atoms with Gasteiger partial charge in [-0.2, -0.15) is 0 Å². The van der Waals surface area contributed by atoms with Gasteiger partial charge in [-0.1, -0.05) is 184 Å². The molecule has 6 rings (SSSR count). The predicted molar refractivity (Wildman–Crippen MR) is 214 cm³/mol. The lowest BCUT2D eigenvalue weighted by Gasteiger charge is -2.23. The van der Waals surface area contributed by atoms with E-state index in [1.54, 1.807) is 0 Å². The van der Waals surface area contributed by atoms with Gasteiger partial charge in [-0.3, -0.25) is 9.98 Å². The van der Waals surface area contributed by atoms with E-state index >= 15 is 0 Å². The van der Waals surface area contributed by atoms with E-state index in [-0.39, 0.29) is 23.7 Å². The highest BCUT2D eigenvalue weighted by atomic mass is 14.8. The molecule has 0 heterocycles. The summed E-state index contributed by atoms with van der Waals surface area (Å²) >= 11 is 0. The molecule has 0 aliphatic rings. The first-order valence-electron chi connectivity index (χ1n) is 17.9. The molecule has 250 valence electrons. The molecular weight excluding hydrogens is 605 g/mol. The molecule has 0 amide bonds. The molecule has 0 saturated heterocycles. The van der Waals surface area contributed by atoms with Crippen molar-refractivity contribution >= 4 is 23.8 Å². The number of rotatable bonds is 11. The number of hydrogen-bond donors (Lipinski definition) is 0. The van der Waals surface area contributed by atoms with Gasteiger partial charge in [0.05, 0.1) is 11.4 Å². The lowest BCUT2D eigenvalue weighted by atomic mass is 9.84. The highest BCUT2D eigenvalue weighted by molar-refractivity contribution is 6.17. The van der Waals surface area contributed by atoms with Gasteiger partial charge in [0, 0.05) is 36.1 Å². The van der Waals surface area contributed by atoms with Crippen molar-refractivity contribution in [3.63, 3.8) is 0 Å². The fraction of sp³-hybridized carbons (Fsp3) is 0.208. The van der Waals surface area contributed by atoms with Crippen LogP contribution in [0.3, 0.4) is 0 Å². The Balaban J connectivity index is 1.47. The smallest absolute Gasteiger partial charge is 0.0706 e. The van der Waals surface area contributed by atoms with Crippen LogP contribution >= 0.6 is 0 Å². The Hall–Kier alpha value is -5.34. The van der Waals surface area contributed by atoms with Gasteiger partial charge in [-0.25, -0.2) is 0 Å². The molecule has 0 aliphatic carbocycles. The van der Waals surface area contributed by atoms with Crippen molar-refractivity contribution in [2.75, 3.05) is 0 Å². The molecule has 0 aromatic heterocycles. The molecule has 2 heteroatoms. The van der Waals surface area contributed by atoms with E-state index in [2.05, 4.69) is 187 Å². The fourth-order valence-corrected chi connectivity index (χ4v) is 7.19. The summed E-state index contributed by atoms with van der Waals surface area (Å²) in [5, 5.41) is 0. The zero-order valence-corrected chi connectivity index (χ0v) is 30.2. The predicted octanol–water partition coefficient (Wildman–Crippen LogP) is 13.0. The van der Waals surface area contributed by atoms with Crippen molar-refractivity contribution < 1.29 is 0 Å². The third-order valence-electron chi connectivity index (χ3n) is 10.2. The van der Waals surface area contributed by atoms with Crippen LogP contribution in [-0.4, -0.2) is 12.4 Å². The topological polar surface area (TPSA) is 24.7 Å². The molecular formula is C48H48N2. The molecule has 0 bridgehead atoms. The second-order valence-electron chi connectivity index (χ2n) is 13.7. The Bertz CT molecular complexity index is 1780. The van der Waals surface area contributed by atoms with Crippen LogP contribution in [0.25, 0.3) is 0 Å². The normalized spacial score (nSPS) is 14.1. The van der Waals surface area contributed by atoms with E-state index in [1.165, 1.54) is 55.6 Å². The van der Waals surface area contributed by atoms with Crippen molar-refractivity contribution in [2.24, 2.45) is 9.98 Å². The van der Waals surface area contributed by atoms with Crippen molar-refractivity contribution in [3.8, 4) is 0 Å². The fourth-order valence-electron chi connectivity index (χ4n) is 7.19. The average molecular weight is 653 g/mol. The van der Waals surface area contributed by atoms with Crippen LogP contribution in [-0.2, 0) is 0 Å². The minimum Gasteiger partial charge on any atom is -0.255 e. The second kappa shape index (κ2) is 15.9. The third-order valence-corrected chi connectivity index (χ3v) is 10.2. The standard InChI is InChI=1S/C48H48N2/c1-33-29-43(35(3)39-19-11-7-12-20-39)47(44(30-33)36(4)40-21-13-8-14-22-40)49-27-28-50-48-45(37(5)41-23-15-9-16-24-41)31-34(2)32-46(48)38(6)42-25-17-10-18-26-42/h7-32,35-38H,1-6H3/b49-27+,50-28+/t35-,36-,37-,38-/m1/s1. The summed E-state index contributed by atoms with van der Waals surface area (Å²) < 4.78 is 0. The minimum absolute atomic E-state index is 0.177. The Morgan fingerprint density at radius 3 is 0.800 bits per heavy atom. The maximum atomic E-state index is 5.26. The van der Waals surface area contributed by atoms with Gasteiger partial charge in [0.15, 0.2) is 0 Å². The van der Waals surface area contributed by atoms with Crippen LogP contribution in [0.5, 0.6) is 0 Å². The van der Waals surface area contributed by atoms with Crippen molar-refractivity contribution in [1.29, 1.82) is 0 Å². The lowest BCUT2D eigenvalue weighted by Crippen LogP contribution is -2.04. The van der Waals surface area contributed by atoms with E-state index in [0.29, 0.717) is 0 Å². The van der Waals surface area contributed by atoms with Crippen LogP contribution in [0, 0.1) is 13.8 Å². The number of benzene rings is 6. The van der Waals surface area contributed by atoms with Crippen molar-refractivity contribution in [3.05, 3.63) is 201 Å². The Morgan fingerprint density at radius 2 is 0.580 bits per heavy atom. The average Bonchev–Trinajstić information content (AvgIpc) is 3.17. The van der Waals surface area contributed by atoms with E-state index in [9.17, 15) is 0 Å². The Kier molecular flexibility index (Phi) is 11.0. The summed E-state index contributed by atoms with van der Waals surface area (Å²) in [6.07, 6.45) is 3.81. The van der Waals surface area contributed by atoms with E-state index in [1.807, 2.05) is 12.4 Å². The first-order valence-corrected chi connectivity index (χ1v) is 17.9. The Labute approximate surface area is 299 Å². The monoisotopic (exact) mass is 652 g/mol. The van der Waals surface area contributed by atoms with E-state index < -0.39 is 0 Å². The lowest BCUT2D eigenvalue weighted by molar-refractivity contribution is 0.883. The van der Waals surface area contributed by atoms with Crippen LogP contribution < -0.4 is 0 Å². The summed E-state index contributed by atoms with van der Waals surface area (Å²) in [5.41, 5.74) is 14.6. The zero-order valence-electron chi connectivity index (χ0n) is 30.2. The number of aliphatic imine (C=N–C) groups is 2. The molecule has 4 atom stereocenters. The first-order chi connectivity index (χ1) is 24.3. The molecule has 50 heavy (non-hydrogen) atoms. The molecule has 0 saturated carbocycles. The van der Waals surface area contributed by atoms with E-state index in [4.69, 9.17) is 9.98 Å². The van der Waals surface area contributed by atoms with Crippen molar-refractivity contribution in [1.82, 2.24) is 0 Å². The van der Waals surface area contributed by atoms with Gasteiger partial charge in [0.1, 0.15) is 0 Å². The quantitative estimate of drug-likeness (QED) is 0.124. The third kappa shape index (κ3) is 7.76. The second-order valence-corrected chi connectivity index (χ2v) is 13.7. The van der Waals surface area contributed by atoms with Crippen molar-refractivity contribution in [2.45, 2.75) is 65.2 Å². The van der Waals surface area contributed by atoms with Gasteiger partial charge < -0.3 is 0 Å². The molecule has 0 fully saturated rings. The summed E-state index contributed by atoms with van der Waals surface area (Å²) in [5.74, 6) is 0.706. The molecule has 6 aromatic rings. The number of aryl methyl sites for hydroxylation is 2. The molecule has 0 spiro atoms. The number of nitrogens with zero attached hydrogens (tertiary/aromatic N) is 2. The van der Waals surface area contributed by atoms with E-state index in [0.717, 1.165) is 11.4 Å². The first kappa shape index (κ1) is 34.5. The highest BCUT2D eigenvalue weighted by Crippen LogP contribution is 2.42. The van der Waals surface area contributed by atoms with Crippen LogP contribution in [0.2, 0.25) is 0 Å². The molecule has 0 aliphatic heterocycles. The van der Waals surface area contributed by atoms with Crippen LogP contribution in [0.1, 0.15) is 107 Å². The SMILES string of the molecule is Cc1cc([C@H](C)c2ccccc2)c(/N=C/C=N/c2c([C@H](C)c3ccccc3)cc(C)cc2[C@H](C)c2ccccc2)c([C@H](C)c2ccccc2)c1. The summed E-state index contributed by atoms with van der Waals surface area (Å²) in [6, 6.07) is 52.2. The largest absolute Gasteiger partial charge is 0.255 e. The summed E-state index contributed by atoms with van der Waals surface area (Å²) in [4.78, 5) is 10.5. The number of hydrogen-bond acceptors (Lipinski definition) is 2. The maximum absolute atomic E-state index is 5.26. The van der Waals surface area contributed by atoms with Crippen LogP contribution in [0.15, 0.2) is 156 Å². The maximum Gasteiger partial charge on any atom is 0.0706 e. The zero-order chi connectivity index (χ0) is 35.0. The Morgan fingerprint density at radius 1 is 0.360 bits per heavy atom. The molecule has 6 aromatic carbocycles. The van der Waals surface area contributed by atoms with Gasteiger partial charge in [-0.15, -0.1) is 0 Å². The summed E-state index contributed by atoms with van der Waals surface area (Å²) in [7, 11) is 0. The molecule has 2 nitrogen and oxygen atoms in total. The summed E-state index contributed by atoms with van der Waals surface area (Å²) in [6.45, 7) is 13.5. The van der Waals surface area contributed by atoms with Gasteiger partial charge in [-0.05, 0) is 58.4 Å². The van der Waals surface area contributed by atoms with Gasteiger partial charge in [0.2, 0.25) is 0 Å². The molecule has 0 radical (unpaired) electrons. The van der Waals surface area contributed by atoms with Crippen LogP contribution in [0.4, 0.5) is 11.4 Å². The van der Waals surface area contributed by atoms with Gasteiger partial charge >= 0.3 is 0 Å². The highest BCUT2D eigenvalue weighted by Gasteiger charge is 2.22.